The maximum Gasteiger partial charge on any atom is 0.433 e. The third kappa shape index (κ3) is 4.16. The Morgan fingerprint density at radius 1 is 1.06 bits per heavy atom. The van der Waals surface area contributed by atoms with Crippen LogP contribution in [0.1, 0.15) is 39.8 Å². The van der Waals surface area contributed by atoms with Gasteiger partial charge in [-0.3, -0.25) is 9.48 Å². The van der Waals surface area contributed by atoms with Crippen molar-refractivity contribution in [2.75, 3.05) is 0 Å². The zero-order valence-corrected chi connectivity index (χ0v) is 15.9. The van der Waals surface area contributed by atoms with Gasteiger partial charge in [0.05, 0.1) is 29.2 Å². The fourth-order valence-corrected chi connectivity index (χ4v) is 3.44. The summed E-state index contributed by atoms with van der Waals surface area (Å²) in [5.41, 5.74) is -2.55. The van der Waals surface area contributed by atoms with E-state index in [9.17, 15) is 35.5 Å². The number of amides is 1. The van der Waals surface area contributed by atoms with E-state index in [1.807, 2.05) is 0 Å². The summed E-state index contributed by atoms with van der Waals surface area (Å²) in [6, 6.07) is 5.12. The Kier molecular flexibility index (Phi) is 5.18. The van der Waals surface area contributed by atoms with Gasteiger partial charge in [-0.2, -0.15) is 31.4 Å². The molecule has 5 nitrogen and oxygen atoms in total. The SMILES string of the molecule is O=C(N[C@H]1CCn2nc(-c3cc(C(F)(F)F)ncc3F)cc21)c1cccc(C(F)(F)F)c1. The lowest BCUT2D eigenvalue weighted by Gasteiger charge is -2.13. The van der Waals surface area contributed by atoms with E-state index in [0.717, 1.165) is 18.2 Å². The zero-order chi connectivity index (χ0) is 23.3. The van der Waals surface area contributed by atoms with Crippen molar-refractivity contribution in [3.8, 4) is 11.3 Å². The molecule has 168 valence electrons. The van der Waals surface area contributed by atoms with Crippen molar-refractivity contribution in [2.45, 2.75) is 31.4 Å². The second-order valence-electron chi connectivity index (χ2n) is 7.12. The van der Waals surface area contributed by atoms with Gasteiger partial charge in [0.25, 0.3) is 5.91 Å². The molecule has 0 saturated carbocycles. The van der Waals surface area contributed by atoms with Gasteiger partial charge in [-0.15, -0.1) is 0 Å². The maximum absolute atomic E-state index is 14.1. The predicted octanol–water partition coefficient (Wildman–Crippen LogP) is 5.00. The van der Waals surface area contributed by atoms with E-state index in [2.05, 4.69) is 15.4 Å². The molecular weight excluding hydrogens is 445 g/mol. The van der Waals surface area contributed by atoms with Gasteiger partial charge in [-0.1, -0.05) is 6.07 Å². The molecule has 1 amide bonds. The van der Waals surface area contributed by atoms with Crippen LogP contribution in [0.4, 0.5) is 30.7 Å². The quantitative estimate of drug-likeness (QED) is 0.563. The predicted molar refractivity (Wildman–Crippen MR) is 96.7 cm³/mol. The highest BCUT2D eigenvalue weighted by molar-refractivity contribution is 5.94. The molecule has 0 spiro atoms. The molecule has 32 heavy (non-hydrogen) atoms. The monoisotopic (exact) mass is 458 g/mol. The first-order chi connectivity index (χ1) is 14.9. The molecule has 3 heterocycles. The summed E-state index contributed by atoms with van der Waals surface area (Å²) in [6.07, 6.45) is -8.57. The summed E-state index contributed by atoms with van der Waals surface area (Å²) in [5.74, 6) is -1.76. The summed E-state index contributed by atoms with van der Waals surface area (Å²) in [7, 11) is 0. The second kappa shape index (κ2) is 7.61. The van der Waals surface area contributed by atoms with Crippen molar-refractivity contribution in [1.82, 2.24) is 20.1 Å². The smallest absolute Gasteiger partial charge is 0.344 e. The van der Waals surface area contributed by atoms with Gasteiger partial charge in [0.1, 0.15) is 5.69 Å². The highest BCUT2D eigenvalue weighted by Crippen LogP contribution is 2.35. The summed E-state index contributed by atoms with van der Waals surface area (Å²) in [5, 5.41) is 6.70. The first-order valence-electron chi connectivity index (χ1n) is 9.22. The molecule has 1 atom stereocenters. The van der Waals surface area contributed by atoms with Gasteiger partial charge in [0.15, 0.2) is 5.82 Å². The molecule has 2 aromatic heterocycles. The number of nitrogens with zero attached hydrogens (tertiary/aromatic N) is 3. The lowest BCUT2D eigenvalue weighted by atomic mass is 10.1. The molecule has 0 unspecified atom stereocenters. The van der Waals surface area contributed by atoms with Gasteiger partial charge in [-0.05, 0) is 36.8 Å². The number of pyridine rings is 1. The Morgan fingerprint density at radius 3 is 2.50 bits per heavy atom. The third-order valence-electron chi connectivity index (χ3n) is 4.98. The molecule has 1 N–H and O–H groups in total. The Bertz CT molecular complexity index is 1180. The van der Waals surface area contributed by atoms with Gasteiger partial charge >= 0.3 is 12.4 Å². The van der Waals surface area contributed by atoms with Crippen LogP contribution in [-0.2, 0) is 18.9 Å². The minimum Gasteiger partial charge on any atom is -0.344 e. The standard InChI is InChI=1S/C20H13F7N4O/c21-13-9-28-17(20(25,26)27)7-12(13)15-8-16-14(4-5-31(16)30-15)29-18(32)10-2-1-3-11(6-10)19(22,23)24/h1-3,6-9,14H,4-5H2,(H,29,32)/t14-/m0/s1. The van der Waals surface area contributed by atoms with E-state index in [-0.39, 0.29) is 17.8 Å². The molecule has 0 radical (unpaired) electrons. The molecule has 4 rings (SSSR count). The highest BCUT2D eigenvalue weighted by Gasteiger charge is 2.35. The zero-order valence-electron chi connectivity index (χ0n) is 15.9. The average molecular weight is 458 g/mol. The molecule has 3 aromatic rings. The highest BCUT2D eigenvalue weighted by atomic mass is 19.4. The van der Waals surface area contributed by atoms with E-state index in [4.69, 9.17) is 0 Å². The van der Waals surface area contributed by atoms with Crippen LogP contribution < -0.4 is 5.32 Å². The number of rotatable bonds is 3. The van der Waals surface area contributed by atoms with Crippen LogP contribution in [-0.4, -0.2) is 20.7 Å². The Balaban J connectivity index is 1.59. The summed E-state index contributed by atoms with van der Waals surface area (Å²) >= 11 is 0. The Hall–Kier alpha value is -3.44. The van der Waals surface area contributed by atoms with Gasteiger partial charge in [0.2, 0.25) is 0 Å². The summed E-state index contributed by atoms with van der Waals surface area (Å²) < 4.78 is 92.9. The first-order valence-corrected chi connectivity index (χ1v) is 9.22. The van der Waals surface area contributed by atoms with E-state index < -0.39 is 46.9 Å². The number of fused-ring (bicyclic) bond motifs is 1. The number of aromatic nitrogens is 3. The number of hydrogen-bond acceptors (Lipinski definition) is 3. The lowest BCUT2D eigenvalue weighted by molar-refractivity contribution is -0.141. The van der Waals surface area contributed by atoms with E-state index >= 15 is 0 Å². The van der Waals surface area contributed by atoms with Crippen molar-refractivity contribution >= 4 is 5.91 Å². The van der Waals surface area contributed by atoms with Crippen LogP contribution in [0, 0.1) is 5.82 Å². The number of alkyl halides is 6. The van der Waals surface area contributed by atoms with Crippen molar-refractivity contribution in [1.29, 1.82) is 0 Å². The van der Waals surface area contributed by atoms with Crippen molar-refractivity contribution in [2.24, 2.45) is 0 Å². The largest absolute Gasteiger partial charge is 0.433 e. The number of aryl methyl sites for hydroxylation is 1. The fraction of sp³-hybridized carbons (Fsp3) is 0.250. The maximum atomic E-state index is 14.1. The summed E-state index contributed by atoms with van der Waals surface area (Å²) in [4.78, 5) is 15.5. The molecule has 1 aliphatic rings. The number of carbonyl (C=O) groups excluding carboxylic acids is 1. The van der Waals surface area contributed by atoms with E-state index in [1.54, 1.807) is 0 Å². The molecule has 0 aliphatic carbocycles. The molecule has 0 bridgehead atoms. The van der Waals surface area contributed by atoms with Crippen LogP contribution in [0.25, 0.3) is 11.3 Å². The van der Waals surface area contributed by atoms with Crippen LogP contribution >= 0.6 is 0 Å². The fourth-order valence-electron chi connectivity index (χ4n) is 3.44. The molecule has 1 aliphatic heterocycles. The van der Waals surface area contributed by atoms with Crippen LogP contribution in [0.2, 0.25) is 0 Å². The van der Waals surface area contributed by atoms with Gasteiger partial charge in [0, 0.05) is 17.7 Å². The molecule has 12 heteroatoms. The number of benzene rings is 1. The molecule has 0 saturated heterocycles. The number of carbonyl (C=O) groups is 1. The second-order valence-corrected chi connectivity index (χ2v) is 7.12. The Morgan fingerprint density at radius 2 is 1.81 bits per heavy atom. The average Bonchev–Trinajstić information content (AvgIpc) is 3.28. The van der Waals surface area contributed by atoms with Gasteiger partial charge < -0.3 is 5.32 Å². The van der Waals surface area contributed by atoms with Crippen molar-refractivity contribution < 1.29 is 35.5 Å². The van der Waals surface area contributed by atoms with Gasteiger partial charge in [-0.25, -0.2) is 9.37 Å². The van der Waals surface area contributed by atoms with Crippen LogP contribution in [0.15, 0.2) is 42.6 Å². The minimum absolute atomic E-state index is 0.0802. The lowest BCUT2D eigenvalue weighted by Crippen LogP contribution is -2.27. The molecular formula is C20H13F7N4O. The van der Waals surface area contributed by atoms with Crippen molar-refractivity contribution in [3.63, 3.8) is 0 Å². The molecule has 1 aromatic carbocycles. The topological polar surface area (TPSA) is 59.8 Å². The number of nitrogens with one attached hydrogen (secondary N) is 1. The summed E-state index contributed by atoms with van der Waals surface area (Å²) in [6.45, 7) is 0.279. The molecule has 0 fully saturated rings. The van der Waals surface area contributed by atoms with E-state index in [0.29, 0.717) is 24.4 Å². The van der Waals surface area contributed by atoms with E-state index in [1.165, 1.54) is 16.8 Å². The number of halogens is 7. The van der Waals surface area contributed by atoms with Crippen molar-refractivity contribution in [3.05, 3.63) is 70.9 Å². The third-order valence-corrected chi connectivity index (χ3v) is 4.98. The number of hydrogen-bond donors (Lipinski definition) is 1. The van der Waals surface area contributed by atoms with Crippen LogP contribution in [0.3, 0.4) is 0 Å². The minimum atomic E-state index is -4.77. The normalized spacial score (nSPS) is 16.2. The first kappa shape index (κ1) is 21.8. The van der Waals surface area contributed by atoms with Crippen LogP contribution in [0.5, 0.6) is 0 Å². The Labute approximate surface area is 175 Å².